The third-order valence-corrected chi connectivity index (χ3v) is 22.7. The number of halogens is 1. The van der Waals surface area contributed by atoms with Gasteiger partial charge in [-0.05, 0) is 203 Å². The number of likely N-dealkylation sites (N-methyl/N-ethyl adjacent to an activating group) is 1. The summed E-state index contributed by atoms with van der Waals surface area (Å²) in [6, 6.07) is 0.545. The van der Waals surface area contributed by atoms with Crippen LogP contribution in [-0.4, -0.2) is 201 Å². The molecule has 21 N–H and O–H groups in total. The van der Waals surface area contributed by atoms with E-state index in [9.17, 15) is 60.3 Å². The first-order valence-electron chi connectivity index (χ1n) is 38.2. The summed E-state index contributed by atoms with van der Waals surface area (Å²) in [4.78, 5) is 122. The lowest BCUT2D eigenvalue weighted by Gasteiger charge is -2.54. The van der Waals surface area contributed by atoms with Gasteiger partial charge in [0.2, 0.25) is 59.3 Å². The molecule has 0 unspecified atom stereocenters. The summed E-state index contributed by atoms with van der Waals surface area (Å²) in [5, 5.41) is 134. The van der Waals surface area contributed by atoms with E-state index in [1.807, 2.05) is 20.9 Å². The molecule has 8 amide bonds. The fourth-order valence-corrected chi connectivity index (χ4v) is 17.0. The van der Waals surface area contributed by atoms with Crippen LogP contribution in [0.15, 0.2) is 72.8 Å². The number of carbonyl (C=O) groups excluding carboxylic acids is 8. The second-order valence-corrected chi connectivity index (χ2v) is 31.3. The van der Waals surface area contributed by atoms with E-state index in [0.717, 1.165) is 88.2 Å². The van der Waals surface area contributed by atoms with E-state index in [0.29, 0.717) is 18.4 Å². The molecule has 5 aromatic carbocycles. The Bertz CT molecular complexity index is 4370. The standard InChI is InChI=1S/C79H100ClN11O22/c1-34(2)19-48(83-5)72(102)90-63-65(96)39-10-13-52(35(3)20-39)110-54-28-43-29-55(71(54)113-79-70(101)69(100)68(99)56(33-92)112-79)111-53-14-11-40(27-47(53)80)66(97)64-78(108)89-62(76(106)86-59-41-22-36-21-37(24-41)25-42(59)23-36)45-30-51(94)46(32-84-16-18-109-17-8-6-7-15-82-4)67(98)58(45)44-26-38(9-12-50(44)93)60(74(104)91-64)88-75(105)61(43)87-73(103)49(31-57(81)95)85-77(63)107/h9-14,20,26-30,34,36-37,41-42,48-49,56,59-66,68-70,79,82-84,92-94,96-101H,6-8,15-19,21-25,31-33H2,1-5H3,(H2,81,95)(H,85,107)(H,86,106)(H,87,103)(H,88,105)(H,89,108)(H,90,102)(H,91,104)/t36?,37?,41?,42?,48-,49+,56-,59?,60-,61-,62+,63-,64+,65-,66-,68-,69+,70-,79+/m1/s1. The fraction of sp³-hybridized carbons (Fsp3) is 0.519. The maximum absolute atomic E-state index is 16.3. The minimum Gasteiger partial charge on any atom is -0.507 e. The maximum atomic E-state index is 16.3. The molecule has 14 atom stereocenters. The van der Waals surface area contributed by atoms with Crippen molar-refractivity contribution in [3.05, 3.63) is 117 Å². The lowest BCUT2D eigenvalue weighted by molar-refractivity contribution is -0.277. The second kappa shape index (κ2) is 35.9. The Morgan fingerprint density at radius 3 is 1.96 bits per heavy atom. The van der Waals surface area contributed by atoms with Crippen LogP contribution in [0.25, 0.3) is 11.1 Å². The third kappa shape index (κ3) is 18.4. The molecule has 6 aliphatic heterocycles. The van der Waals surface area contributed by atoms with Crippen molar-refractivity contribution in [3.63, 3.8) is 0 Å². The summed E-state index contributed by atoms with van der Waals surface area (Å²) >= 11 is 7.18. The average Bonchev–Trinajstić information content (AvgIpc) is 0.754. The number of nitrogens with one attached hydrogen (secondary N) is 10. The van der Waals surface area contributed by atoms with Gasteiger partial charge in [0.05, 0.1) is 36.3 Å². The summed E-state index contributed by atoms with van der Waals surface area (Å²) in [5.74, 6) is -12.3. The molecule has 5 fully saturated rings. The number of nitrogens with two attached hydrogens (primary N) is 1. The quantitative estimate of drug-likeness (QED) is 0.0415. The Balaban J connectivity index is 1.04. The van der Waals surface area contributed by atoms with Gasteiger partial charge in [0, 0.05) is 36.9 Å². The number of aromatic hydroxyl groups is 3. The number of phenols is 3. The Hall–Kier alpha value is -9.49. The maximum Gasteiger partial charge on any atom is 0.248 e. The predicted molar refractivity (Wildman–Crippen MR) is 404 cm³/mol. The molecule has 113 heavy (non-hydrogen) atoms. The highest BCUT2D eigenvalue weighted by atomic mass is 35.5. The van der Waals surface area contributed by atoms with Crippen LogP contribution in [0.4, 0.5) is 0 Å². The number of unbranched alkanes of at least 4 members (excludes halogenated alkanes) is 2. The van der Waals surface area contributed by atoms with E-state index >= 15 is 24.0 Å². The summed E-state index contributed by atoms with van der Waals surface area (Å²) < 4.78 is 31.4. The minimum absolute atomic E-state index is 0.00836. The lowest BCUT2D eigenvalue weighted by atomic mass is 9.54. The Kier molecular flexibility index (Phi) is 26.4. The number of phenolic OH excluding ortho intramolecular Hbond substituents is 3. The molecule has 0 spiro atoms. The molecule has 34 heteroatoms. The van der Waals surface area contributed by atoms with Gasteiger partial charge in [0.1, 0.15) is 102 Å². The number of aliphatic hydroxyl groups excluding tert-OH is 6. The number of amides is 8. The molecule has 1 saturated heterocycles. The van der Waals surface area contributed by atoms with Crippen molar-refractivity contribution >= 4 is 58.9 Å². The van der Waals surface area contributed by atoms with E-state index in [2.05, 4.69) is 53.2 Å². The van der Waals surface area contributed by atoms with Gasteiger partial charge in [-0.3, -0.25) is 38.4 Å². The van der Waals surface area contributed by atoms with Crippen LogP contribution in [0.1, 0.15) is 147 Å². The molecule has 610 valence electrons. The second-order valence-electron chi connectivity index (χ2n) is 30.9. The number of primary amides is 1. The molecule has 15 bridgehead atoms. The van der Waals surface area contributed by atoms with Gasteiger partial charge in [-0.25, -0.2) is 0 Å². The number of hydrogen-bond acceptors (Lipinski definition) is 25. The smallest absolute Gasteiger partial charge is 0.248 e. The van der Waals surface area contributed by atoms with Crippen molar-refractivity contribution in [2.45, 2.75) is 183 Å². The molecule has 0 radical (unpaired) electrons. The zero-order valence-corrected chi connectivity index (χ0v) is 63.8. The largest absolute Gasteiger partial charge is 0.507 e. The van der Waals surface area contributed by atoms with Gasteiger partial charge in [-0.2, -0.15) is 0 Å². The highest BCUT2D eigenvalue weighted by Gasteiger charge is 2.51. The van der Waals surface area contributed by atoms with Crippen LogP contribution in [-0.2, 0) is 54.4 Å². The summed E-state index contributed by atoms with van der Waals surface area (Å²) in [6.45, 7) is 5.80. The number of benzene rings is 5. The van der Waals surface area contributed by atoms with Gasteiger partial charge in [0.25, 0.3) is 0 Å². The Morgan fingerprint density at radius 2 is 1.31 bits per heavy atom. The number of rotatable bonds is 23. The van der Waals surface area contributed by atoms with Gasteiger partial charge in [-0.15, -0.1) is 0 Å². The summed E-state index contributed by atoms with van der Waals surface area (Å²) in [6.07, 6.45) is -7.45. The predicted octanol–water partition coefficient (Wildman–Crippen LogP) is 1.88. The van der Waals surface area contributed by atoms with Crippen molar-refractivity contribution in [1.82, 2.24) is 53.2 Å². The third-order valence-electron chi connectivity index (χ3n) is 22.4. The van der Waals surface area contributed by atoms with Gasteiger partial charge >= 0.3 is 0 Å². The van der Waals surface area contributed by atoms with Crippen LogP contribution in [0, 0.1) is 36.5 Å². The zero-order valence-electron chi connectivity index (χ0n) is 63.1. The molecule has 15 rings (SSSR count). The number of carbonyl (C=O) groups is 8. The van der Waals surface area contributed by atoms with Crippen molar-refractivity contribution in [3.8, 4) is 57.1 Å². The lowest BCUT2D eigenvalue weighted by Crippen LogP contribution is -2.60. The zero-order chi connectivity index (χ0) is 81.0. The van der Waals surface area contributed by atoms with E-state index < -0.39 is 186 Å². The number of fused-ring (bicyclic) bond motifs is 15. The molecule has 4 aliphatic carbocycles. The molecule has 6 heterocycles. The van der Waals surface area contributed by atoms with E-state index in [-0.39, 0.29) is 111 Å². The van der Waals surface area contributed by atoms with Gasteiger partial charge in [0.15, 0.2) is 11.5 Å². The van der Waals surface area contributed by atoms with E-state index in [4.69, 9.17) is 41.0 Å². The Morgan fingerprint density at radius 1 is 0.655 bits per heavy atom. The number of ether oxygens (including phenoxy) is 5. The molecule has 33 nitrogen and oxygen atoms in total. The first-order valence-corrected chi connectivity index (χ1v) is 38.6. The number of aliphatic hydroxyl groups is 6. The highest BCUT2D eigenvalue weighted by Crippen LogP contribution is 2.55. The normalized spacial score (nSPS) is 28.3. The summed E-state index contributed by atoms with van der Waals surface area (Å²) in [7, 11) is 3.38. The molecule has 4 saturated carbocycles. The van der Waals surface area contributed by atoms with Gasteiger partial charge < -0.3 is 129 Å². The highest BCUT2D eigenvalue weighted by molar-refractivity contribution is 6.32. The minimum atomic E-state index is -2.28. The van der Waals surface area contributed by atoms with Crippen LogP contribution in [0.2, 0.25) is 5.02 Å². The van der Waals surface area contributed by atoms with Crippen LogP contribution in [0.5, 0.6) is 46.0 Å². The van der Waals surface area contributed by atoms with Crippen molar-refractivity contribution < 1.29 is 108 Å². The van der Waals surface area contributed by atoms with Crippen molar-refractivity contribution in [2.75, 3.05) is 47.0 Å². The Labute approximate surface area is 656 Å². The van der Waals surface area contributed by atoms with Crippen molar-refractivity contribution in [2.24, 2.45) is 35.3 Å². The van der Waals surface area contributed by atoms with Crippen LogP contribution < -0.4 is 73.1 Å². The summed E-state index contributed by atoms with van der Waals surface area (Å²) in [5.41, 5.74) is 4.04. The number of aryl methyl sites for hydroxylation is 1. The first kappa shape index (κ1) is 83.0. The molecule has 5 aromatic rings. The molecular weight excluding hydrogens is 1490 g/mol. The molecular formula is C79H100ClN11O22. The molecule has 10 aliphatic rings. The van der Waals surface area contributed by atoms with Crippen LogP contribution >= 0.6 is 11.6 Å². The SMILES string of the molecule is CNCCCCCOCCNCc1c(O)cc2c(c1O)-c1cc(ccc1O)[C@H]1NC(=O)[C@@H]3NC(=O)[C@H](CC(N)=O)NC(=O)[C@H](NC(=O)[C@@H](CC(C)C)NC)[C@H](O)c4ccc(c(C)c4)Oc4cc3cc(c4O[C@@H]3O[C@H](CO)[C@@H](O)[C@H](O)[C@H]3O)Oc3ccc(cc3Cl)[C@@H](O)[C@H](NC1=O)C(=O)N[C@@H]2C(=O)NC1C2CC3CC(C2)CC1C3. The number of hydrogen-bond donors (Lipinski definition) is 20. The topological polar surface area (TPSA) is 511 Å². The first-order chi connectivity index (χ1) is 54.0. The van der Waals surface area contributed by atoms with Crippen molar-refractivity contribution in [1.29, 1.82) is 0 Å². The average molecular weight is 1590 g/mol. The van der Waals surface area contributed by atoms with E-state index in [1.54, 1.807) is 0 Å². The van der Waals surface area contributed by atoms with E-state index in [1.165, 1.54) is 56.4 Å². The van der Waals surface area contributed by atoms with Gasteiger partial charge in [-0.1, -0.05) is 43.6 Å². The monoisotopic (exact) mass is 1590 g/mol. The molecule has 0 aromatic heterocycles. The fourth-order valence-electron chi connectivity index (χ4n) is 16.7. The van der Waals surface area contributed by atoms with Crippen LogP contribution in [0.3, 0.4) is 0 Å².